The van der Waals surface area contributed by atoms with Gasteiger partial charge in [0.05, 0.1) is 30.9 Å². The summed E-state index contributed by atoms with van der Waals surface area (Å²) in [5.74, 6) is -0.739. The summed E-state index contributed by atoms with van der Waals surface area (Å²) in [6, 6.07) is 9.04. The Morgan fingerprint density at radius 2 is 1.64 bits per heavy atom. The van der Waals surface area contributed by atoms with Gasteiger partial charge in [-0.1, -0.05) is 0 Å². The minimum atomic E-state index is -4.62. The van der Waals surface area contributed by atoms with Crippen LogP contribution in [0.1, 0.15) is 15.9 Å². The third-order valence-electron chi connectivity index (χ3n) is 4.02. The van der Waals surface area contributed by atoms with Gasteiger partial charge in [0.15, 0.2) is 11.5 Å². The Kier molecular flexibility index (Phi) is 5.00. The van der Waals surface area contributed by atoms with Gasteiger partial charge in [0.25, 0.3) is 0 Å². The van der Waals surface area contributed by atoms with E-state index in [9.17, 15) is 18.0 Å². The van der Waals surface area contributed by atoms with Crippen molar-refractivity contribution in [1.29, 1.82) is 0 Å². The van der Waals surface area contributed by atoms with E-state index in [1.165, 1.54) is 50.6 Å². The Hall–Kier alpha value is -3.49. The Morgan fingerprint density at radius 1 is 1.04 bits per heavy atom. The molecule has 0 saturated heterocycles. The van der Waals surface area contributed by atoms with Crippen LogP contribution in [-0.4, -0.2) is 30.3 Å². The highest BCUT2D eigenvalue weighted by Gasteiger charge is 2.34. The third kappa shape index (κ3) is 3.78. The van der Waals surface area contributed by atoms with Gasteiger partial charge in [0.1, 0.15) is 5.82 Å². The van der Waals surface area contributed by atoms with Crippen molar-refractivity contribution < 1.29 is 32.5 Å². The Labute approximate surface area is 157 Å². The number of carboxylic acids is 1. The summed E-state index contributed by atoms with van der Waals surface area (Å²) >= 11 is 0. The van der Waals surface area contributed by atoms with Crippen molar-refractivity contribution in [2.45, 2.75) is 6.18 Å². The van der Waals surface area contributed by atoms with Crippen molar-refractivity contribution >= 4 is 28.4 Å². The van der Waals surface area contributed by atoms with Crippen molar-refractivity contribution in [2.24, 2.45) is 0 Å². The minimum absolute atomic E-state index is 0.0462. The normalized spacial score (nSPS) is 11.3. The average molecular weight is 392 g/mol. The van der Waals surface area contributed by atoms with Crippen LogP contribution in [0.4, 0.5) is 24.7 Å². The third-order valence-corrected chi connectivity index (χ3v) is 4.02. The quantitative estimate of drug-likeness (QED) is 0.654. The molecule has 146 valence electrons. The van der Waals surface area contributed by atoms with E-state index < -0.39 is 17.7 Å². The van der Waals surface area contributed by atoms with Gasteiger partial charge in [-0.2, -0.15) is 13.2 Å². The molecule has 9 heteroatoms. The maximum Gasteiger partial charge on any atom is 0.417 e. The van der Waals surface area contributed by atoms with Crippen LogP contribution >= 0.6 is 0 Å². The molecule has 0 atom stereocenters. The first kappa shape index (κ1) is 19.3. The van der Waals surface area contributed by atoms with Crippen molar-refractivity contribution in [1.82, 2.24) is 4.98 Å². The van der Waals surface area contributed by atoms with Gasteiger partial charge in [-0.05, 0) is 36.4 Å². The molecule has 6 nitrogen and oxygen atoms in total. The Balaban J connectivity index is 2.11. The molecule has 2 N–H and O–H groups in total. The molecule has 3 aromatic rings. The lowest BCUT2D eigenvalue weighted by atomic mass is 10.1. The lowest BCUT2D eigenvalue weighted by molar-refractivity contribution is -0.136. The fourth-order valence-electron chi connectivity index (χ4n) is 2.70. The molecule has 2 aromatic carbocycles. The molecule has 1 heterocycles. The minimum Gasteiger partial charge on any atom is -0.493 e. The van der Waals surface area contributed by atoms with E-state index in [-0.39, 0.29) is 33.8 Å². The molecule has 3 rings (SSSR count). The molecule has 0 radical (unpaired) electrons. The average Bonchev–Trinajstić information content (AvgIpc) is 2.65. The molecule has 1 aromatic heterocycles. The maximum atomic E-state index is 13.6. The number of aromatic carboxylic acids is 1. The Bertz CT molecular complexity index is 1030. The van der Waals surface area contributed by atoms with Crippen molar-refractivity contribution in [3.8, 4) is 11.5 Å². The number of nitrogens with zero attached hydrogens (tertiary/aromatic N) is 1. The molecule has 0 aliphatic rings. The number of methoxy groups -OCH3 is 2. The van der Waals surface area contributed by atoms with Crippen LogP contribution in [0.5, 0.6) is 11.5 Å². The predicted octanol–water partition coefficient (Wildman–Crippen LogP) is 4.71. The number of hydrogen-bond donors (Lipinski definition) is 2. The van der Waals surface area contributed by atoms with E-state index in [0.29, 0.717) is 5.69 Å². The molecule has 0 unspecified atom stereocenters. The summed E-state index contributed by atoms with van der Waals surface area (Å²) in [5, 5.41) is 11.6. The van der Waals surface area contributed by atoms with Crippen LogP contribution in [-0.2, 0) is 6.18 Å². The highest BCUT2D eigenvalue weighted by molar-refractivity contribution is 5.89. The molecular weight excluding hydrogens is 377 g/mol. The van der Waals surface area contributed by atoms with E-state index in [1.54, 1.807) is 0 Å². The zero-order valence-electron chi connectivity index (χ0n) is 14.8. The van der Waals surface area contributed by atoms with Crippen LogP contribution in [0, 0.1) is 0 Å². The number of aromatic nitrogens is 1. The lowest BCUT2D eigenvalue weighted by Crippen LogP contribution is -2.08. The van der Waals surface area contributed by atoms with Crippen LogP contribution < -0.4 is 14.8 Å². The van der Waals surface area contributed by atoms with Crippen LogP contribution in [0.15, 0.2) is 42.5 Å². The molecule has 0 amide bonds. The van der Waals surface area contributed by atoms with Gasteiger partial charge in [-0.15, -0.1) is 0 Å². The first-order chi connectivity index (χ1) is 13.2. The van der Waals surface area contributed by atoms with Gasteiger partial charge in [-0.3, -0.25) is 0 Å². The highest BCUT2D eigenvalue weighted by atomic mass is 19.4. The standard InChI is InChI=1S/C19H15F3N2O4/c1-27-15-7-12-13(19(20,21)22)8-17(24-14(12)9-16(15)28-2)23-11-5-3-10(4-6-11)18(25)26/h3-9H,1-2H3,(H,23,24)(H,25,26). The van der Waals surface area contributed by atoms with Gasteiger partial charge in [-0.25, -0.2) is 9.78 Å². The molecule has 0 aliphatic carbocycles. The van der Waals surface area contributed by atoms with E-state index in [2.05, 4.69) is 10.3 Å². The molecule has 0 spiro atoms. The number of rotatable bonds is 5. The SMILES string of the molecule is COc1cc2nc(Nc3ccc(C(=O)O)cc3)cc(C(F)(F)F)c2cc1OC. The summed E-state index contributed by atoms with van der Waals surface area (Å²) in [4.78, 5) is 15.1. The number of halogens is 3. The molecule has 0 fully saturated rings. The summed E-state index contributed by atoms with van der Waals surface area (Å²) in [6.07, 6.45) is -4.62. The number of ether oxygens (including phenoxy) is 2. The molecule has 28 heavy (non-hydrogen) atoms. The van der Waals surface area contributed by atoms with Crippen LogP contribution in [0.2, 0.25) is 0 Å². The number of anilines is 2. The van der Waals surface area contributed by atoms with Crippen LogP contribution in [0.3, 0.4) is 0 Å². The Morgan fingerprint density at radius 3 is 2.18 bits per heavy atom. The lowest BCUT2D eigenvalue weighted by Gasteiger charge is -2.16. The smallest absolute Gasteiger partial charge is 0.417 e. The second kappa shape index (κ2) is 7.26. The van der Waals surface area contributed by atoms with Crippen LogP contribution in [0.25, 0.3) is 10.9 Å². The predicted molar refractivity (Wildman–Crippen MR) is 96.5 cm³/mol. The fourth-order valence-corrected chi connectivity index (χ4v) is 2.70. The van der Waals surface area contributed by atoms with E-state index in [1.807, 2.05) is 0 Å². The summed E-state index contributed by atoms with van der Waals surface area (Å²) in [6.45, 7) is 0. The molecule has 0 bridgehead atoms. The van der Waals surface area contributed by atoms with Gasteiger partial charge < -0.3 is 19.9 Å². The number of fused-ring (bicyclic) bond motifs is 1. The number of carbonyl (C=O) groups is 1. The maximum absolute atomic E-state index is 13.6. The first-order valence-corrected chi connectivity index (χ1v) is 7.97. The summed E-state index contributed by atoms with van der Waals surface area (Å²) in [5.41, 5.74) is -0.365. The van der Waals surface area contributed by atoms with Gasteiger partial charge >= 0.3 is 12.1 Å². The topological polar surface area (TPSA) is 80.7 Å². The fraction of sp³-hybridized carbons (Fsp3) is 0.158. The molecule has 0 saturated carbocycles. The second-order valence-corrected chi connectivity index (χ2v) is 5.78. The monoisotopic (exact) mass is 392 g/mol. The van der Waals surface area contributed by atoms with E-state index >= 15 is 0 Å². The number of nitrogens with one attached hydrogen (secondary N) is 1. The first-order valence-electron chi connectivity index (χ1n) is 7.97. The van der Waals surface area contributed by atoms with E-state index in [0.717, 1.165) is 6.07 Å². The number of pyridine rings is 1. The van der Waals surface area contributed by atoms with Crippen molar-refractivity contribution in [3.05, 3.63) is 53.6 Å². The molecular formula is C19H15F3N2O4. The number of carboxylic acid groups (broad SMARTS) is 1. The zero-order chi connectivity index (χ0) is 20.5. The second-order valence-electron chi connectivity index (χ2n) is 5.78. The van der Waals surface area contributed by atoms with E-state index in [4.69, 9.17) is 14.6 Å². The largest absolute Gasteiger partial charge is 0.493 e. The zero-order valence-corrected chi connectivity index (χ0v) is 14.8. The summed E-state index contributed by atoms with van der Waals surface area (Å²) in [7, 11) is 2.71. The molecule has 0 aliphatic heterocycles. The van der Waals surface area contributed by atoms with Crippen molar-refractivity contribution in [2.75, 3.05) is 19.5 Å². The van der Waals surface area contributed by atoms with Gasteiger partial charge in [0.2, 0.25) is 0 Å². The number of benzene rings is 2. The number of alkyl halides is 3. The van der Waals surface area contributed by atoms with Crippen molar-refractivity contribution in [3.63, 3.8) is 0 Å². The highest BCUT2D eigenvalue weighted by Crippen LogP contribution is 2.40. The number of hydrogen-bond acceptors (Lipinski definition) is 5. The summed E-state index contributed by atoms with van der Waals surface area (Å²) < 4.78 is 51.0. The van der Waals surface area contributed by atoms with Gasteiger partial charge in [0, 0.05) is 17.1 Å².